The summed E-state index contributed by atoms with van der Waals surface area (Å²) in [4.78, 5) is 29.4. The number of aryl methyl sites for hydroxylation is 1. The number of aliphatic carboxylic acids is 1. The summed E-state index contributed by atoms with van der Waals surface area (Å²) in [5.41, 5.74) is -0.319. The van der Waals surface area contributed by atoms with Crippen LogP contribution in [0.5, 0.6) is 0 Å². The molecular formula is C41H44ClNO9S. The molecule has 6 atom stereocenters. The summed E-state index contributed by atoms with van der Waals surface area (Å²) < 4.78 is 58.6. The van der Waals surface area contributed by atoms with E-state index < -0.39 is 67.4 Å². The number of carbonyl (C=O) groups excluding carboxylic acids is 1. The van der Waals surface area contributed by atoms with Crippen LogP contribution in [0.1, 0.15) is 80.8 Å². The number of carbonyl (C=O) groups is 2. The van der Waals surface area contributed by atoms with Gasteiger partial charge in [0.05, 0.1) is 23.2 Å². The number of esters is 1. The van der Waals surface area contributed by atoms with Gasteiger partial charge in [-0.2, -0.15) is 11.8 Å². The Balaban J connectivity index is 1.24. The van der Waals surface area contributed by atoms with Crippen molar-refractivity contribution in [2.75, 3.05) is 5.75 Å². The minimum absolute atomic E-state index is 0.116. The molecule has 2 aliphatic rings. The first-order valence-corrected chi connectivity index (χ1v) is 18.5. The first-order valence-electron chi connectivity index (χ1n) is 20.1. The van der Waals surface area contributed by atoms with E-state index in [-0.39, 0.29) is 23.7 Å². The predicted molar refractivity (Wildman–Crippen MR) is 204 cm³/mol. The van der Waals surface area contributed by atoms with Gasteiger partial charge < -0.3 is 35.0 Å². The molecule has 2 heterocycles. The van der Waals surface area contributed by atoms with Crippen LogP contribution in [0, 0.1) is 5.41 Å². The average molecular weight is 768 g/mol. The Bertz CT molecular complexity index is 2190. The van der Waals surface area contributed by atoms with Gasteiger partial charge in [0, 0.05) is 29.6 Å². The number of halogens is 1. The third-order valence-corrected chi connectivity index (χ3v) is 11.5. The van der Waals surface area contributed by atoms with Crippen molar-refractivity contribution in [3.63, 3.8) is 0 Å². The maximum Gasteiger partial charge on any atom is 0.335 e. The second-order valence-corrected chi connectivity index (χ2v) is 15.3. The van der Waals surface area contributed by atoms with Gasteiger partial charge in [0.25, 0.3) is 0 Å². The van der Waals surface area contributed by atoms with E-state index in [2.05, 4.69) is 0 Å². The fourth-order valence-electron chi connectivity index (χ4n) is 6.42. The minimum atomic E-state index is -3.27. The summed E-state index contributed by atoms with van der Waals surface area (Å²) in [6.45, 7) is -6.54. The lowest BCUT2D eigenvalue weighted by Gasteiger charge is -2.38. The molecular weight excluding hydrogens is 718 g/mol. The minimum Gasteiger partial charge on any atom is -0.479 e. The molecule has 1 aliphatic carbocycles. The third-order valence-electron chi connectivity index (χ3n) is 9.62. The van der Waals surface area contributed by atoms with Crippen molar-refractivity contribution in [1.29, 1.82) is 0 Å². The van der Waals surface area contributed by atoms with Crippen LogP contribution < -0.4 is 0 Å². The van der Waals surface area contributed by atoms with Crippen LogP contribution in [-0.2, 0) is 31.1 Å². The van der Waals surface area contributed by atoms with Gasteiger partial charge in [-0.05, 0) is 91.3 Å². The molecule has 0 spiro atoms. The van der Waals surface area contributed by atoms with Gasteiger partial charge in [-0.3, -0.25) is 4.79 Å². The normalized spacial score (nSPS) is 25.3. The molecule has 1 aromatic heterocycles. The number of aromatic nitrogens is 1. The molecule has 5 unspecified atom stereocenters. The lowest BCUT2D eigenvalue weighted by Crippen LogP contribution is -2.60. The molecule has 0 amide bonds. The third kappa shape index (κ3) is 9.66. The van der Waals surface area contributed by atoms with Crippen molar-refractivity contribution in [2.45, 2.75) is 87.4 Å². The van der Waals surface area contributed by atoms with Gasteiger partial charge >= 0.3 is 11.9 Å². The highest BCUT2D eigenvalue weighted by atomic mass is 35.5. The van der Waals surface area contributed by atoms with Crippen LogP contribution in [0.3, 0.4) is 0 Å². The maximum absolute atomic E-state index is 13.2. The summed E-state index contributed by atoms with van der Waals surface area (Å²) >= 11 is 7.72. The Labute approximate surface area is 325 Å². The average Bonchev–Trinajstić information content (AvgIpc) is 3.94. The predicted octanol–water partition coefficient (Wildman–Crippen LogP) is 6.30. The summed E-state index contributed by atoms with van der Waals surface area (Å²) in [7, 11) is 0. The highest BCUT2D eigenvalue weighted by Gasteiger charge is 2.50. The van der Waals surface area contributed by atoms with E-state index >= 15 is 0 Å². The summed E-state index contributed by atoms with van der Waals surface area (Å²) in [5.74, 6) is -1.96. The van der Waals surface area contributed by atoms with Crippen molar-refractivity contribution in [3.8, 4) is 0 Å². The number of aliphatic hydroxyl groups is 4. The number of carboxylic acids is 1. The van der Waals surface area contributed by atoms with Gasteiger partial charge in [-0.1, -0.05) is 78.3 Å². The molecule has 0 bridgehead atoms. The van der Waals surface area contributed by atoms with Crippen molar-refractivity contribution in [1.82, 2.24) is 4.98 Å². The van der Waals surface area contributed by atoms with E-state index in [1.54, 1.807) is 24.3 Å². The number of hydrogen-bond donors (Lipinski definition) is 5. The Morgan fingerprint density at radius 1 is 1.04 bits per heavy atom. The molecule has 280 valence electrons. The zero-order chi connectivity index (χ0) is 42.9. The standard InChI is InChI=1S/C41H44ClNO9S/c1-40(2,50)30-9-4-3-7-25(30)13-17-32(27-8-5-6-24(20-27)10-15-29-16-12-26-11-14-28(42)21-31(26)43-29)53-23-41(18-19-41)22-33(44)51-39-36(47)34(45)35(46)37(52-39)38(48)49/h3-12,14-16,20-21,32,34-37,39,45-47,50H,13,17-19,22-23H2,1-2H3,(H,48,49)/b15-10+/t32-,34?,35?,36?,37?,39?/m1/s1/i1D3,2D3. The van der Waals surface area contributed by atoms with E-state index in [0.29, 0.717) is 41.3 Å². The number of benzene rings is 3. The van der Waals surface area contributed by atoms with Crippen LogP contribution in [-0.4, -0.2) is 78.9 Å². The molecule has 0 radical (unpaired) electrons. The number of nitrogens with zero attached hydrogens (tertiary/aromatic N) is 1. The number of rotatable bonds is 14. The second-order valence-electron chi connectivity index (χ2n) is 13.7. The largest absolute Gasteiger partial charge is 0.479 e. The number of carboxylic acid groups (broad SMARTS) is 1. The van der Waals surface area contributed by atoms with E-state index in [0.717, 1.165) is 22.0 Å². The molecule has 4 aromatic rings. The van der Waals surface area contributed by atoms with E-state index in [1.807, 2.05) is 54.6 Å². The molecule has 1 saturated heterocycles. The monoisotopic (exact) mass is 767 g/mol. The summed E-state index contributed by atoms with van der Waals surface area (Å²) in [5, 5.41) is 52.5. The van der Waals surface area contributed by atoms with E-state index in [4.69, 9.17) is 34.3 Å². The summed E-state index contributed by atoms with van der Waals surface area (Å²) in [6, 6.07) is 23.1. The molecule has 1 saturated carbocycles. The van der Waals surface area contributed by atoms with Crippen LogP contribution in [0.4, 0.5) is 0 Å². The lowest BCUT2D eigenvalue weighted by atomic mass is 9.90. The quantitative estimate of drug-likeness (QED) is 0.0915. The maximum atomic E-state index is 13.2. The van der Waals surface area contributed by atoms with Gasteiger partial charge in [-0.25, -0.2) is 9.78 Å². The highest BCUT2D eigenvalue weighted by Crippen LogP contribution is 2.53. The molecule has 10 nitrogen and oxygen atoms in total. The van der Waals surface area contributed by atoms with Crippen molar-refractivity contribution >= 4 is 58.4 Å². The van der Waals surface area contributed by atoms with Gasteiger partial charge in [0.1, 0.15) is 18.3 Å². The molecule has 5 N–H and O–H groups in total. The summed E-state index contributed by atoms with van der Waals surface area (Å²) in [6.07, 6.45) is -3.96. The molecule has 53 heavy (non-hydrogen) atoms. The van der Waals surface area contributed by atoms with Gasteiger partial charge in [0.15, 0.2) is 6.10 Å². The number of hydrogen-bond acceptors (Lipinski definition) is 10. The second kappa shape index (κ2) is 16.3. The Hall–Kier alpha value is -3.81. The Morgan fingerprint density at radius 2 is 1.81 bits per heavy atom. The molecule has 1 aliphatic heterocycles. The number of aliphatic hydroxyl groups excluding tert-OH is 3. The molecule has 12 heteroatoms. The number of fused-ring (bicyclic) bond motifs is 1. The SMILES string of the molecule is [2H]C([2H])([2H])C(O)(c1ccccc1CC[C@@H](SCC1(CC(=O)OC2OC(C(=O)O)C(O)C(O)C2O)CC1)c1cccc(/C=C/c2ccc3ccc(Cl)cc3n2)c1)C([2H])([2H])[2H]. The smallest absolute Gasteiger partial charge is 0.335 e. The van der Waals surface area contributed by atoms with Crippen molar-refractivity contribution in [2.24, 2.45) is 5.41 Å². The van der Waals surface area contributed by atoms with E-state index in [1.165, 1.54) is 23.9 Å². The molecule has 2 fully saturated rings. The highest BCUT2D eigenvalue weighted by molar-refractivity contribution is 7.99. The number of ether oxygens (including phenoxy) is 2. The number of pyridine rings is 1. The van der Waals surface area contributed by atoms with Crippen molar-refractivity contribution in [3.05, 3.63) is 112 Å². The van der Waals surface area contributed by atoms with Crippen molar-refractivity contribution < 1.29 is 52.8 Å². The first-order chi connectivity index (χ1) is 27.7. The van der Waals surface area contributed by atoms with Crippen LogP contribution >= 0.6 is 23.4 Å². The fraction of sp³-hybridized carbons (Fsp3) is 0.390. The van der Waals surface area contributed by atoms with Crippen LogP contribution in [0.25, 0.3) is 23.1 Å². The topological polar surface area (TPSA) is 167 Å². The van der Waals surface area contributed by atoms with Crippen LogP contribution in [0.15, 0.2) is 78.9 Å². The molecule has 6 rings (SSSR count). The van der Waals surface area contributed by atoms with Gasteiger partial charge in [-0.15, -0.1) is 0 Å². The Kier molecular flexibility index (Phi) is 9.69. The Morgan fingerprint density at radius 3 is 2.57 bits per heavy atom. The number of thioether (sulfide) groups is 1. The van der Waals surface area contributed by atoms with Crippen LogP contribution in [0.2, 0.25) is 5.02 Å². The lowest BCUT2D eigenvalue weighted by molar-refractivity contribution is -0.286. The van der Waals surface area contributed by atoms with E-state index in [9.17, 15) is 35.1 Å². The zero-order valence-corrected chi connectivity index (χ0v) is 30.0. The first kappa shape index (κ1) is 31.5. The fourth-order valence-corrected chi connectivity index (χ4v) is 8.16. The zero-order valence-electron chi connectivity index (χ0n) is 34.5. The van der Waals surface area contributed by atoms with Gasteiger partial charge in [0.2, 0.25) is 6.29 Å². The molecule has 3 aromatic carbocycles.